The van der Waals surface area contributed by atoms with Crippen LogP contribution in [-0.4, -0.2) is 46.7 Å². The van der Waals surface area contributed by atoms with Gasteiger partial charge in [-0.05, 0) is 32.3 Å². The third-order valence-electron chi connectivity index (χ3n) is 4.99. The number of carbonyl (C=O) groups is 1. The molecule has 1 saturated carbocycles. The van der Waals surface area contributed by atoms with Crippen molar-refractivity contribution >= 4 is 11.7 Å². The first-order valence-electron chi connectivity index (χ1n) is 8.88. The number of nitriles is 1. The molecule has 1 heterocycles. The van der Waals surface area contributed by atoms with Gasteiger partial charge >= 0.3 is 0 Å². The highest BCUT2D eigenvalue weighted by atomic mass is 16.3. The van der Waals surface area contributed by atoms with Gasteiger partial charge in [0.2, 0.25) is 5.91 Å². The van der Waals surface area contributed by atoms with Crippen LogP contribution in [0.1, 0.15) is 48.5 Å². The van der Waals surface area contributed by atoms with Crippen LogP contribution < -0.4 is 5.32 Å². The summed E-state index contributed by atoms with van der Waals surface area (Å²) in [5.74, 6) is 0.445. The summed E-state index contributed by atoms with van der Waals surface area (Å²) in [5.41, 5.74) is 2.54. The summed E-state index contributed by atoms with van der Waals surface area (Å²) >= 11 is 0. The van der Waals surface area contributed by atoms with Crippen LogP contribution in [0.3, 0.4) is 0 Å². The third-order valence-corrected chi connectivity index (χ3v) is 4.99. The molecule has 1 aliphatic carbocycles. The van der Waals surface area contributed by atoms with Crippen molar-refractivity contribution < 1.29 is 9.90 Å². The summed E-state index contributed by atoms with van der Waals surface area (Å²) in [6.07, 6.45) is 6.23. The van der Waals surface area contributed by atoms with Gasteiger partial charge in [0.1, 0.15) is 11.9 Å². The molecule has 0 aliphatic heterocycles. The van der Waals surface area contributed by atoms with Crippen molar-refractivity contribution in [2.24, 2.45) is 0 Å². The summed E-state index contributed by atoms with van der Waals surface area (Å²) < 4.78 is 2.14. The van der Waals surface area contributed by atoms with Crippen LogP contribution in [0, 0.1) is 25.2 Å². The van der Waals surface area contributed by atoms with Crippen LogP contribution in [-0.2, 0) is 4.79 Å². The van der Waals surface area contributed by atoms with Crippen LogP contribution in [0.2, 0.25) is 0 Å². The molecule has 1 fully saturated rings. The fourth-order valence-electron chi connectivity index (χ4n) is 3.64. The van der Waals surface area contributed by atoms with E-state index in [1.165, 1.54) is 12.8 Å². The molecule has 1 amide bonds. The Morgan fingerprint density at radius 1 is 1.48 bits per heavy atom. The lowest BCUT2D eigenvalue weighted by molar-refractivity contribution is -0.117. The Bertz CT molecular complexity index is 666. The summed E-state index contributed by atoms with van der Waals surface area (Å²) in [6.45, 7) is 8.71. The molecule has 2 rings (SSSR count). The van der Waals surface area contributed by atoms with Crippen LogP contribution in [0.5, 0.6) is 0 Å². The van der Waals surface area contributed by atoms with Crippen molar-refractivity contribution in [3.63, 3.8) is 0 Å². The smallest absolute Gasteiger partial charge is 0.239 e. The number of hydrogen-bond donors (Lipinski definition) is 2. The molecule has 0 radical (unpaired) electrons. The Morgan fingerprint density at radius 2 is 2.16 bits per heavy atom. The van der Waals surface area contributed by atoms with E-state index < -0.39 is 0 Å². The van der Waals surface area contributed by atoms with E-state index in [1.807, 2.05) is 18.7 Å². The number of aromatic nitrogens is 1. The quantitative estimate of drug-likeness (QED) is 0.710. The Labute approximate surface area is 149 Å². The molecule has 0 unspecified atom stereocenters. The first kappa shape index (κ1) is 19.2. The Kier molecular flexibility index (Phi) is 6.80. The van der Waals surface area contributed by atoms with E-state index >= 15 is 0 Å². The van der Waals surface area contributed by atoms with E-state index in [-0.39, 0.29) is 19.1 Å². The number of amides is 1. The largest absolute Gasteiger partial charge is 0.395 e. The number of hydrogen-bond acceptors (Lipinski definition) is 4. The van der Waals surface area contributed by atoms with Gasteiger partial charge in [0.25, 0.3) is 0 Å². The molecule has 1 aliphatic rings. The maximum Gasteiger partial charge on any atom is 0.239 e. The summed E-state index contributed by atoms with van der Waals surface area (Å²) in [5, 5.41) is 21.7. The van der Waals surface area contributed by atoms with Crippen molar-refractivity contribution in [3.8, 4) is 6.07 Å². The van der Waals surface area contributed by atoms with Gasteiger partial charge in [0.05, 0.1) is 18.7 Å². The summed E-state index contributed by atoms with van der Waals surface area (Å²) in [4.78, 5) is 14.4. The first-order chi connectivity index (χ1) is 12.0. The maximum atomic E-state index is 12.5. The van der Waals surface area contributed by atoms with Gasteiger partial charge in [-0.1, -0.05) is 18.9 Å². The molecule has 2 N–H and O–H groups in total. The lowest BCUT2D eigenvalue weighted by Crippen LogP contribution is -2.36. The van der Waals surface area contributed by atoms with Crippen molar-refractivity contribution in [3.05, 3.63) is 29.5 Å². The highest BCUT2D eigenvalue weighted by Crippen LogP contribution is 2.37. The zero-order chi connectivity index (χ0) is 18.4. The maximum absolute atomic E-state index is 12.5. The van der Waals surface area contributed by atoms with E-state index in [0.29, 0.717) is 30.5 Å². The fraction of sp³-hybridized carbons (Fsp3) is 0.579. The predicted octanol–water partition coefficient (Wildman–Crippen LogP) is 2.51. The Hall–Kier alpha value is -2.10. The van der Waals surface area contributed by atoms with E-state index in [9.17, 15) is 10.1 Å². The van der Waals surface area contributed by atoms with Crippen LogP contribution in [0.25, 0.3) is 0 Å². The molecule has 6 heteroatoms. The van der Waals surface area contributed by atoms with Crippen molar-refractivity contribution in [2.45, 2.75) is 45.6 Å². The number of carbonyl (C=O) groups excluding carboxylic acids is 1. The lowest BCUT2D eigenvalue weighted by atomic mass is 10.2. The average Bonchev–Trinajstić information content (AvgIpc) is 3.16. The molecule has 0 atom stereocenters. The first-order valence-corrected chi connectivity index (χ1v) is 8.88. The van der Waals surface area contributed by atoms with E-state index in [1.54, 1.807) is 6.08 Å². The molecule has 6 nitrogen and oxygen atoms in total. The molecule has 136 valence electrons. The minimum absolute atomic E-state index is 0.0127. The number of aliphatic hydroxyl groups excluding tert-OH is 1. The fourth-order valence-corrected chi connectivity index (χ4v) is 3.64. The van der Waals surface area contributed by atoms with Crippen molar-refractivity contribution in [1.82, 2.24) is 9.47 Å². The van der Waals surface area contributed by atoms with Crippen LogP contribution >= 0.6 is 0 Å². The zero-order valence-corrected chi connectivity index (χ0v) is 15.2. The molecule has 0 bridgehead atoms. The zero-order valence-electron chi connectivity index (χ0n) is 15.2. The van der Waals surface area contributed by atoms with Gasteiger partial charge in [0.15, 0.2) is 0 Å². The van der Waals surface area contributed by atoms with Gasteiger partial charge in [-0.25, -0.2) is 0 Å². The van der Waals surface area contributed by atoms with Gasteiger partial charge in [0, 0.05) is 24.8 Å². The lowest BCUT2D eigenvalue weighted by Gasteiger charge is -2.21. The van der Waals surface area contributed by atoms with Crippen molar-refractivity contribution in [2.75, 3.05) is 31.6 Å². The minimum Gasteiger partial charge on any atom is -0.395 e. The third kappa shape index (κ3) is 4.30. The number of nitrogens with zero attached hydrogens (tertiary/aromatic N) is 3. The Balaban J connectivity index is 2.25. The van der Waals surface area contributed by atoms with Gasteiger partial charge in [-0.15, -0.1) is 6.58 Å². The SMILES string of the molecule is C=CCN(CCO)CC(=O)Nc1c(C#N)c(C)c(C)n1C1CCCC1. The molecule has 0 saturated heterocycles. The van der Waals surface area contributed by atoms with Gasteiger partial charge in [-0.2, -0.15) is 5.26 Å². The molecular formula is C19H28N4O2. The Morgan fingerprint density at radius 3 is 2.72 bits per heavy atom. The molecule has 25 heavy (non-hydrogen) atoms. The second-order valence-electron chi connectivity index (χ2n) is 6.65. The normalized spacial score (nSPS) is 14.7. The number of anilines is 1. The van der Waals surface area contributed by atoms with Crippen molar-refractivity contribution in [1.29, 1.82) is 5.26 Å². The van der Waals surface area contributed by atoms with E-state index in [0.717, 1.165) is 24.1 Å². The summed E-state index contributed by atoms with van der Waals surface area (Å²) in [7, 11) is 0. The second-order valence-corrected chi connectivity index (χ2v) is 6.65. The number of aliphatic hydroxyl groups is 1. The van der Waals surface area contributed by atoms with Gasteiger partial charge in [-0.3, -0.25) is 9.69 Å². The summed E-state index contributed by atoms with van der Waals surface area (Å²) in [6, 6.07) is 2.60. The minimum atomic E-state index is -0.177. The second kappa shape index (κ2) is 8.84. The molecule has 1 aromatic heterocycles. The average molecular weight is 344 g/mol. The molecule has 0 aromatic carbocycles. The highest BCUT2D eigenvalue weighted by Gasteiger charge is 2.26. The predicted molar refractivity (Wildman–Crippen MR) is 98.5 cm³/mol. The topological polar surface area (TPSA) is 81.3 Å². The highest BCUT2D eigenvalue weighted by molar-refractivity contribution is 5.93. The number of rotatable bonds is 8. The van der Waals surface area contributed by atoms with Crippen LogP contribution in [0.4, 0.5) is 5.82 Å². The molecule has 0 spiro atoms. The molecule has 1 aromatic rings. The molecular weight excluding hydrogens is 316 g/mol. The van der Waals surface area contributed by atoms with Crippen LogP contribution in [0.15, 0.2) is 12.7 Å². The number of nitrogens with one attached hydrogen (secondary N) is 1. The van der Waals surface area contributed by atoms with Gasteiger partial charge < -0.3 is 15.0 Å². The van der Waals surface area contributed by atoms with E-state index in [4.69, 9.17) is 5.11 Å². The van der Waals surface area contributed by atoms with E-state index in [2.05, 4.69) is 22.5 Å². The standard InChI is InChI=1S/C19H28N4O2/c1-4-9-22(10-11-24)13-18(25)21-19-17(12-20)14(2)15(3)23(19)16-7-5-6-8-16/h4,16,24H,1,5-11,13H2,2-3H3,(H,21,25). The monoisotopic (exact) mass is 344 g/mol.